The molecule has 0 radical (unpaired) electrons. The molecule has 2 atom stereocenters. The number of benzene rings is 1. The quantitative estimate of drug-likeness (QED) is 0.797. The first kappa shape index (κ1) is 11.1. The first-order valence-electron chi connectivity index (χ1n) is 5.68. The van der Waals surface area contributed by atoms with E-state index >= 15 is 0 Å². The monoisotopic (exact) mass is 219 g/mol. The van der Waals surface area contributed by atoms with Gasteiger partial charge in [-0.2, -0.15) is 0 Å². The highest BCUT2D eigenvalue weighted by molar-refractivity contribution is 5.72. The minimum Gasteiger partial charge on any atom is -0.481 e. The van der Waals surface area contributed by atoms with Gasteiger partial charge in [-0.1, -0.05) is 29.8 Å². The third-order valence-electron chi connectivity index (χ3n) is 3.30. The second-order valence-electron chi connectivity index (χ2n) is 4.45. The molecule has 1 aliphatic rings. The van der Waals surface area contributed by atoms with E-state index in [4.69, 9.17) is 0 Å². The lowest BCUT2D eigenvalue weighted by atomic mass is 9.81. The Morgan fingerprint density at radius 3 is 2.69 bits per heavy atom. The number of aryl methyl sites for hydroxylation is 1. The third kappa shape index (κ3) is 2.25. The van der Waals surface area contributed by atoms with Crippen molar-refractivity contribution < 1.29 is 9.90 Å². The van der Waals surface area contributed by atoms with Gasteiger partial charge in [-0.05, 0) is 31.4 Å². The van der Waals surface area contributed by atoms with Crippen LogP contribution in [0.4, 0.5) is 0 Å². The van der Waals surface area contributed by atoms with E-state index in [1.54, 1.807) is 0 Å². The molecule has 3 heteroatoms. The van der Waals surface area contributed by atoms with Crippen LogP contribution in [0.2, 0.25) is 0 Å². The number of hydrogen-bond donors (Lipinski definition) is 2. The zero-order valence-corrected chi connectivity index (χ0v) is 9.44. The summed E-state index contributed by atoms with van der Waals surface area (Å²) in [5.41, 5.74) is 2.36. The number of aliphatic carboxylic acids is 1. The van der Waals surface area contributed by atoms with E-state index in [2.05, 4.69) is 29.6 Å². The SMILES string of the molecule is Cc1ccc(C2CCNCC2C(=O)O)cc1. The summed E-state index contributed by atoms with van der Waals surface area (Å²) in [5.74, 6) is -0.839. The van der Waals surface area contributed by atoms with Crippen LogP contribution >= 0.6 is 0 Å². The highest BCUT2D eigenvalue weighted by Gasteiger charge is 2.31. The van der Waals surface area contributed by atoms with Crippen molar-refractivity contribution in [3.63, 3.8) is 0 Å². The van der Waals surface area contributed by atoms with Crippen LogP contribution in [0.25, 0.3) is 0 Å². The van der Waals surface area contributed by atoms with Gasteiger partial charge in [-0.15, -0.1) is 0 Å². The number of carboxylic acid groups (broad SMARTS) is 1. The number of carbonyl (C=O) groups is 1. The molecular formula is C13H17NO2. The Balaban J connectivity index is 2.23. The number of piperidine rings is 1. The Hall–Kier alpha value is -1.35. The van der Waals surface area contributed by atoms with Crippen LogP contribution in [0.1, 0.15) is 23.5 Å². The summed E-state index contributed by atoms with van der Waals surface area (Å²) in [7, 11) is 0. The summed E-state index contributed by atoms with van der Waals surface area (Å²) in [6, 6.07) is 8.22. The molecule has 1 fully saturated rings. The van der Waals surface area contributed by atoms with Crippen LogP contribution in [0.15, 0.2) is 24.3 Å². The van der Waals surface area contributed by atoms with E-state index in [1.165, 1.54) is 5.56 Å². The summed E-state index contributed by atoms with van der Waals surface area (Å²) in [4.78, 5) is 11.2. The Kier molecular flexibility index (Phi) is 3.25. The van der Waals surface area contributed by atoms with Gasteiger partial charge in [-0.3, -0.25) is 4.79 Å². The number of carboxylic acids is 1. The van der Waals surface area contributed by atoms with Gasteiger partial charge in [0.1, 0.15) is 0 Å². The maximum atomic E-state index is 11.2. The molecular weight excluding hydrogens is 202 g/mol. The lowest BCUT2D eigenvalue weighted by Crippen LogP contribution is -2.39. The van der Waals surface area contributed by atoms with Crippen molar-refractivity contribution in [1.29, 1.82) is 0 Å². The molecule has 2 rings (SSSR count). The van der Waals surface area contributed by atoms with Crippen molar-refractivity contribution in [3.8, 4) is 0 Å². The van der Waals surface area contributed by atoms with Crippen LogP contribution in [0.3, 0.4) is 0 Å². The summed E-state index contributed by atoms with van der Waals surface area (Å²) < 4.78 is 0. The lowest BCUT2D eigenvalue weighted by Gasteiger charge is -2.29. The Morgan fingerprint density at radius 2 is 2.06 bits per heavy atom. The number of nitrogens with one attached hydrogen (secondary N) is 1. The molecule has 1 aromatic rings. The van der Waals surface area contributed by atoms with Crippen molar-refractivity contribution in [3.05, 3.63) is 35.4 Å². The molecule has 0 spiro atoms. The minimum atomic E-state index is -0.697. The molecule has 16 heavy (non-hydrogen) atoms. The average Bonchev–Trinajstić information content (AvgIpc) is 2.30. The predicted octanol–water partition coefficient (Wildman–Crippen LogP) is 1.77. The highest BCUT2D eigenvalue weighted by Crippen LogP contribution is 2.30. The number of hydrogen-bond acceptors (Lipinski definition) is 2. The second-order valence-corrected chi connectivity index (χ2v) is 4.45. The molecule has 0 aromatic heterocycles. The largest absolute Gasteiger partial charge is 0.481 e. The molecule has 1 aromatic carbocycles. The highest BCUT2D eigenvalue weighted by atomic mass is 16.4. The van der Waals surface area contributed by atoms with Crippen LogP contribution < -0.4 is 5.32 Å². The third-order valence-corrected chi connectivity index (χ3v) is 3.30. The maximum absolute atomic E-state index is 11.2. The predicted molar refractivity (Wildman–Crippen MR) is 62.5 cm³/mol. The molecule has 86 valence electrons. The number of rotatable bonds is 2. The standard InChI is InChI=1S/C13H17NO2/c1-9-2-4-10(5-3-9)11-6-7-14-8-12(11)13(15)16/h2-5,11-12,14H,6-8H2,1H3,(H,15,16). The fraction of sp³-hybridized carbons (Fsp3) is 0.462. The Bertz CT molecular complexity index is 372. The van der Waals surface area contributed by atoms with E-state index in [0.717, 1.165) is 18.5 Å². The maximum Gasteiger partial charge on any atom is 0.308 e. The van der Waals surface area contributed by atoms with E-state index in [0.29, 0.717) is 6.54 Å². The van der Waals surface area contributed by atoms with Gasteiger partial charge >= 0.3 is 5.97 Å². The van der Waals surface area contributed by atoms with E-state index in [9.17, 15) is 9.90 Å². The molecule has 0 bridgehead atoms. The van der Waals surface area contributed by atoms with Crippen molar-refractivity contribution in [2.24, 2.45) is 5.92 Å². The first-order valence-corrected chi connectivity index (χ1v) is 5.68. The van der Waals surface area contributed by atoms with Gasteiger partial charge in [-0.25, -0.2) is 0 Å². The van der Waals surface area contributed by atoms with Crippen LogP contribution in [0, 0.1) is 12.8 Å². The normalized spacial score (nSPS) is 25.3. The molecule has 1 aliphatic heterocycles. The molecule has 0 aliphatic carbocycles. The topological polar surface area (TPSA) is 49.3 Å². The van der Waals surface area contributed by atoms with Crippen molar-refractivity contribution in [2.75, 3.05) is 13.1 Å². The Morgan fingerprint density at radius 1 is 1.38 bits per heavy atom. The summed E-state index contributed by atoms with van der Waals surface area (Å²) in [5, 5.41) is 12.3. The van der Waals surface area contributed by atoms with Crippen molar-refractivity contribution >= 4 is 5.97 Å². The van der Waals surface area contributed by atoms with Crippen LogP contribution in [0.5, 0.6) is 0 Å². The van der Waals surface area contributed by atoms with Gasteiger partial charge in [0.15, 0.2) is 0 Å². The van der Waals surface area contributed by atoms with Gasteiger partial charge in [0.2, 0.25) is 0 Å². The molecule has 2 N–H and O–H groups in total. The van der Waals surface area contributed by atoms with Gasteiger partial charge < -0.3 is 10.4 Å². The molecule has 2 unspecified atom stereocenters. The van der Waals surface area contributed by atoms with Gasteiger partial charge in [0, 0.05) is 6.54 Å². The van der Waals surface area contributed by atoms with Gasteiger partial charge in [0.25, 0.3) is 0 Å². The lowest BCUT2D eigenvalue weighted by molar-refractivity contribution is -0.142. The van der Waals surface area contributed by atoms with E-state index in [1.807, 2.05) is 6.92 Å². The minimum absolute atomic E-state index is 0.152. The molecule has 1 saturated heterocycles. The van der Waals surface area contributed by atoms with Crippen molar-refractivity contribution in [2.45, 2.75) is 19.3 Å². The molecule has 0 saturated carbocycles. The fourth-order valence-corrected chi connectivity index (χ4v) is 2.33. The molecule has 0 amide bonds. The average molecular weight is 219 g/mol. The summed E-state index contributed by atoms with van der Waals surface area (Å²) >= 11 is 0. The zero-order chi connectivity index (χ0) is 11.5. The van der Waals surface area contributed by atoms with Gasteiger partial charge in [0.05, 0.1) is 5.92 Å². The zero-order valence-electron chi connectivity index (χ0n) is 9.44. The summed E-state index contributed by atoms with van der Waals surface area (Å²) in [6.45, 7) is 3.52. The van der Waals surface area contributed by atoms with E-state index in [-0.39, 0.29) is 11.8 Å². The molecule has 1 heterocycles. The smallest absolute Gasteiger partial charge is 0.308 e. The van der Waals surface area contributed by atoms with Crippen molar-refractivity contribution in [1.82, 2.24) is 5.32 Å². The first-order chi connectivity index (χ1) is 7.68. The van der Waals surface area contributed by atoms with Crippen LogP contribution in [-0.4, -0.2) is 24.2 Å². The summed E-state index contributed by atoms with van der Waals surface area (Å²) in [6.07, 6.45) is 0.903. The molecule has 3 nitrogen and oxygen atoms in total. The van der Waals surface area contributed by atoms with Crippen LogP contribution in [-0.2, 0) is 4.79 Å². The Labute approximate surface area is 95.5 Å². The van der Waals surface area contributed by atoms with E-state index < -0.39 is 5.97 Å². The second kappa shape index (κ2) is 4.66. The fourth-order valence-electron chi connectivity index (χ4n) is 2.33.